The monoisotopic (exact) mass is 251 g/mol. The second-order valence-electron chi connectivity index (χ2n) is 4.26. The molecule has 1 aliphatic heterocycles. The Kier molecular flexibility index (Phi) is 4.63. The second-order valence-corrected chi connectivity index (χ2v) is 4.26. The van der Waals surface area contributed by atoms with Gasteiger partial charge in [0, 0.05) is 18.7 Å². The number of carbonyl (C=O) groups excluding carboxylic acids is 1. The van der Waals surface area contributed by atoms with Gasteiger partial charge in [0.15, 0.2) is 0 Å². The Bertz CT molecular complexity index is 388. The molecule has 1 unspecified atom stereocenters. The average molecular weight is 251 g/mol. The van der Waals surface area contributed by atoms with Gasteiger partial charge in [-0.2, -0.15) is 0 Å². The molecule has 1 amide bonds. The van der Waals surface area contributed by atoms with Crippen LogP contribution in [0.1, 0.15) is 22.5 Å². The molecule has 3 N–H and O–H groups in total. The third-order valence-corrected chi connectivity index (χ3v) is 2.85. The van der Waals surface area contributed by atoms with Crippen LogP contribution in [0.3, 0.4) is 0 Å². The van der Waals surface area contributed by atoms with Crippen LogP contribution in [0.4, 0.5) is 0 Å². The van der Waals surface area contributed by atoms with E-state index < -0.39 is 0 Å². The summed E-state index contributed by atoms with van der Waals surface area (Å²) in [6.45, 7) is 2.74. The minimum atomic E-state index is -0.349. The molecule has 2 heterocycles. The van der Waals surface area contributed by atoms with Gasteiger partial charge < -0.3 is 9.47 Å². The van der Waals surface area contributed by atoms with Crippen LogP contribution in [0.5, 0.6) is 0 Å². The predicted octanol–water partition coefficient (Wildman–Crippen LogP) is 0.238. The normalized spacial score (nSPS) is 18.8. The highest BCUT2D eigenvalue weighted by molar-refractivity contribution is 5.93. The number of carbonyl (C=O) groups is 1. The van der Waals surface area contributed by atoms with Crippen LogP contribution in [-0.2, 0) is 16.1 Å². The zero-order valence-corrected chi connectivity index (χ0v) is 10.1. The smallest absolute Gasteiger partial charge is 0.266 e. The maximum Gasteiger partial charge on any atom is 0.266 e. The molecule has 1 aliphatic rings. The van der Waals surface area contributed by atoms with Crippen molar-refractivity contribution in [1.29, 1.82) is 0 Å². The minimum Gasteiger partial charge on any atom is -0.381 e. The van der Waals surface area contributed by atoms with Gasteiger partial charge in [-0.25, -0.2) is 5.84 Å². The van der Waals surface area contributed by atoms with E-state index in [1.807, 2.05) is 0 Å². The van der Waals surface area contributed by atoms with Gasteiger partial charge >= 0.3 is 0 Å². The van der Waals surface area contributed by atoms with E-state index in [0.717, 1.165) is 25.3 Å². The molecule has 0 bridgehead atoms. The topological polar surface area (TPSA) is 86.5 Å². The third-order valence-electron chi connectivity index (χ3n) is 2.85. The molecule has 1 atom stereocenters. The number of hydrazine groups is 1. The number of nitrogens with zero attached hydrogens (tertiary/aromatic N) is 1. The van der Waals surface area contributed by atoms with Crippen LogP contribution in [-0.4, -0.2) is 30.7 Å². The van der Waals surface area contributed by atoms with Crippen LogP contribution in [0.15, 0.2) is 18.3 Å². The summed E-state index contributed by atoms with van der Waals surface area (Å²) < 4.78 is 10.8. The van der Waals surface area contributed by atoms with Crippen LogP contribution < -0.4 is 11.3 Å². The van der Waals surface area contributed by atoms with Gasteiger partial charge in [-0.3, -0.25) is 15.2 Å². The summed E-state index contributed by atoms with van der Waals surface area (Å²) in [5.74, 6) is 5.17. The number of nitrogens with two attached hydrogens (primary N) is 1. The van der Waals surface area contributed by atoms with E-state index in [0.29, 0.717) is 24.7 Å². The van der Waals surface area contributed by atoms with E-state index >= 15 is 0 Å². The Morgan fingerprint density at radius 3 is 3.11 bits per heavy atom. The lowest BCUT2D eigenvalue weighted by Gasteiger charge is -2.08. The number of rotatable bonds is 5. The largest absolute Gasteiger partial charge is 0.381 e. The summed E-state index contributed by atoms with van der Waals surface area (Å²) in [6.07, 6.45) is 2.54. The highest BCUT2D eigenvalue weighted by Gasteiger charge is 2.15. The summed E-state index contributed by atoms with van der Waals surface area (Å²) in [5, 5.41) is 0. The fourth-order valence-electron chi connectivity index (χ4n) is 1.77. The van der Waals surface area contributed by atoms with Crippen molar-refractivity contribution < 1.29 is 14.3 Å². The van der Waals surface area contributed by atoms with E-state index in [4.69, 9.17) is 15.3 Å². The van der Waals surface area contributed by atoms with Gasteiger partial charge in [0.25, 0.3) is 5.91 Å². The lowest BCUT2D eigenvalue weighted by Crippen LogP contribution is -2.30. The first-order chi connectivity index (χ1) is 8.79. The van der Waals surface area contributed by atoms with E-state index in [1.165, 1.54) is 6.20 Å². The number of hydrogen-bond donors (Lipinski definition) is 2. The lowest BCUT2D eigenvalue weighted by atomic mass is 10.1. The first-order valence-electron chi connectivity index (χ1n) is 5.91. The summed E-state index contributed by atoms with van der Waals surface area (Å²) in [4.78, 5) is 15.3. The molecule has 6 heteroatoms. The molecule has 6 nitrogen and oxygen atoms in total. The lowest BCUT2D eigenvalue weighted by molar-refractivity contribution is 0.0772. The van der Waals surface area contributed by atoms with Crippen LogP contribution in [0.2, 0.25) is 0 Å². The van der Waals surface area contributed by atoms with Gasteiger partial charge in [0.1, 0.15) is 0 Å². The Hall–Kier alpha value is -1.50. The molecule has 0 aliphatic carbocycles. The maximum atomic E-state index is 11.2. The Labute approximate surface area is 105 Å². The zero-order chi connectivity index (χ0) is 12.8. The molecule has 2 rings (SSSR count). The molecule has 1 fully saturated rings. The quantitative estimate of drug-likeness (QED) is 0.444. The standard InChI is InChI=1S/C12H17N3O3/c13-15-12(16)10-1-2-11(14-5-10)8-18-7-9-3-4-17-6-9/h1-2,5,9H,3-4,6-8,13H2,(H,15,16). The van der Waals surface area contributed by atoms with Crippen molar-refractivity contribution in [3.63, 3.8) is 0 Å². The van der Waals surface area contributed by atoms with Crippen molar-refractivity contribution in [2.75, 3.05) is 19.8 Å². The van der Waals surface area contributed by atoms with Crippen LogP contribution >= 0.6 is 0 Å². The van der Waals surface area contributed by atoms with Gasteiger partial charge in [0.05, 0.1) is 31.1 Å². The minimum absolute atomic E-state index is 0.349. The summed E-state index contributed by atoms with van der Waals surface area (Å²) in [5.41, 5.74) is 3.29. The number of pyridine rings is 1. The molecule has 98 valence electrons. The van der Waals surface area contributed by atoms with Gasteiger partial charge in [-0.1, -0.05) is 0 Å². The molecular weight excluding hydrogens is 234 g/mol. The van der Waals surface area contributed by atoms with E-state index in [1.54, 1.807) is 12.1 Å². The number of hydrogen-bond acceptors (Lipinski definition) is 5. The molecule has 0 radical (unpaired) electrons. The number of amides is 1. The molecule has 1 saturated heterocycles. The maximum absolute atomic E-state index is 11.2. The zero-order valence-electron chi connectivity index (χ0n) is 10.1. The van der Waals surface area contributed by atoms with E-state index in [-0.39, 0.29) is 5.91 Å². The van der Waals surface area contributed by atoms with Crippen molar-refractivity contribution >= 4 is 5.91 Å². The SMILES string of the molecule is NNC(=O)c1ccc(COCC2CCOC2)nc1. The Morgan fingerprint density at radius 2 is 2.50 bits per heavy atom. The second kappa shape index (κ2) is 6.44. The van der Waals surface area contributed by atoms with Crippen molar-refractivity contribution in [2.24, 2.45) is 11.8 Å². The number of nitrogen functional groups attached to an aromatic ring is 1. The highest BCUT2D eigenvalue weighted by Crippen LogP contribution is 2.13. The third kappa shape index (κ3) is 3.49. The molecule has 18 heavy (non-hydrogen) atoms. The summed E-state index contributed by atoms with van der Waals surface area (Å²) in [6, 6.07) is 3.43. The van der Waals surface area contributed by atoms with Crippen molar-refractivity contribution in [3.8, 4) is 0 Å². The van der Waals surface area contributed by atoms with Crippen molar-refractivity contribution in [1.82, 2.24) is 10.4 Å². The summed E-state index contributed by atoms with van der Waals surface area (Å²) >= 11 is 0. The number of nitrogens with one attached hydrogen (secondary N) is 1. The fourth-order valence-corrected chi connectivity index (χ4v) is 1.77. The van der Waals surface area contributed by atoms with E-state index in [9.17, 15) is 4.79 Å². The first-order valence-corrected chi connectivity index (χ1v) is 5.91. The molecular formula is C12H17N3O3. The molecule has 0 spiro atoms. The van der Waals surface area contributed by atoms with Crippen molar-refractivity contribution in [2.45, 2.75) is 13.0 Å². The van der Waals surface area contributed by atoms with Crippen LogP contribution in [0, 0.1) is 5.92 Å². The Balaban J connectivity index is 1.77. The average Bonchev–Trinajstić information content (AvgIpc) is 2.92. The molecule has 0 aromatic carbocycles. The van der Waals surface area contributed by atoms with Gasteiger partial charge in [-0.05, 0) is 18.6 Å². The molecule has 1 aromatic rings. The highest BCUT2D eigenvalue weighted by atomic mass is 16.5. The Morgan fingerprint density at radius 1 is 1.61 bits per heavy atom. The predicted molar refractivity (Wildman–Crippen MR) is 64.5 cm³/mol. The van der Waals surface area contributed by atoms with E-state index in [2.05, 4.69) is 10.4 Å². The van der Waals surface area contributed by atoms with Gasteiger partial charge in [-0.15, -0.1) is 0 Å². The molecule has 0 saturated carbocycles. The summed E-state index contributed by atoms with van der Waals surface area (Å²) in [7, 11) is 0. The first kappa shape index (κ1) is 12.9. The van der Waals surface area contributed by atoms with Crippen molar-refractivity contribution in [3.05, 3.63) is 29.6 Å². The number of aromatic nitrogens is 1. The number of ether oxygens (including phenoxy) is 2. The van der Waals surface area contributed by atoms with Crippen LogP contribution in [0.25, 0.3) is 0 Å². The fraction of sp³-hybridized carbons (Fsp3) is 0.500. The van der Waals surface area contributed by atoms with Gasteiger partial charge in [0.2, 0.25) is 0 Å². The molecule has 1 aromatic heterocycles.